The Morgan fingerprint density at radius 1 is 1.50 bits per heavy atom. The Labute approximate surface area is 126 Å². The molecule has 1 aromatic carbocycles. The van der Waals surface area contributed by atoms with E-state index >= 15 is 0 Å². The smallest absolute Gasteiger partial charge is 0.265 e. The van der Waals surface area contributed by atoms with Crippen LogP contribution in [0.2, 0.25) is 5.02 Å². The van der Waals surface area contributed by atoms with Crippen molar-refractivity contribution in [1.82, 2.24) is 10.3 Å². The summed E-state index contributed by atoms with van der Waals surface area (Å²) >= 11 is 7.16. The van der Waals surface area contributed by atoms with Crippen molar-refractivity contribution in [3.05, 3.63) is 39.7 Å². The summed E-state index contributed by atoms with van der Waals surface area (Å²) < 4.78 is 0. The number of anilines is 2. The molecule has 0 aliphatic rings. The number of hydrogen-bond acceptors (Lipinski definition) is 5. The number of thiazole rings is 1. The summed E-state index contributed by atoms with van der Waals surface area (Å²) in [6.45, 7) is 1.89. The van der Waals surface area contributed by atoms with E-state index in [2.05, 4.69) is 15.6 Å². The molecule has 0 saturated heterocycles. The number of nitrogens with zero attached hydrogens (tertiary/aromatic N) is 1. The van der Waals surface area contributed by atoms with Crippen molar-refractivity contribution >= 4 is 39.8 Å². The average Bonchev–Trinajstić information content (AvgIpc) is 2.80. The molecule has 0 bridgehead atoms. The van der Waals surface area contributed by atoms with Gasteiger partial charge in [-0.3, -0.25) is 4.79 Å². The van der Waals surface area contributed by atoms with Crippen molar-refractivity contribution < 1.29 is 4.79 Å². The molecule has 0 aliphatic heterocycles. The zero-order valence-electron chi connectivity index (χ0n) is 11.1. The van der Waals surface area contributed by atoms with E-state index in [1.807, 2.05) is 25.1 Å². The number of rotatable bonds is 4. The van der Waals surface area contributed by atoms with Crippen molar-refractivity contribution in [2.24, 2.45) is 0 Å². The van der Waals surface area contributed by atoms with Crippen molar-refractivity contribution in [2.75, 3.05) is 18.1 Å². The predicted octanol–water partition coefficient (Wildman–Crippen LogP) is 2.91. The number of nitrogens with two attached hydrogens (primary N) is 1. The van der Waals surface area contributed by atoms with Gasteiger partial charge in [0.15, 0.2) is 5.13 Å². The number of aromatic nitrogens is 1. The van der Waals surface area contributed by atoms with Crippen LogP contribution in [0.4, 0.5) is 10.9 Å². The number of nitrogen functional groups attached to an aromatic ring is 1. The van der Waals surface area contributed by atoms with Gasteiger partial charge >= 0.3 is 0 Å². The molecule has 20 heavy (non-hydrogen) atoms. The lowest BCUT2D eigenvalue weighted by Crippen LogP contribution is -2.26. The van der Waals surface area contributed by atoms with Gasteiger partial charge in [-0.1, -0.05) is 35.1 Å². The van der Waals surface area contributed by atoms with Gasteiger partial charge in [0.25, 0.3) is 5.91 Å². The fourth-order valence-corrected chi connectivity index (χ4v) is 2.66. The third kappa shape index (κ3) is 3.20. The summed E-state index contributed by atoms with van der Waals surface area (Å²) in [5.74, 6) is -0.0101. The van der Waals surface area contributed by atoms with Crippen LogP contribution < -0.4 is 16.4 Å². The van der Waals surface area contributed by atoms with Crippen LogP contribution in [0.5, 0.6) is 0 Å². The highest BCUT2D eigenvalue weighted by Gasteiger charge is 2.18. The minimum absolute atomic E-state index is 0.166. The van der Waals surface area contributed by atoms with Gasteiger partial charge in [0.2, 0.25) is 0 Å². The molecule has 1 atom stereocenters. The number of carbonyl (C=O) groups is 1. The van der Waals surface area contributed by atoms with Crippen LogP contribution in [0, 0.1) is 0 Å². The van der Waals surface area contributed by atoms with E-state index in [9.17, 15) is 4.79 Å². The lowest BCUT2D eigenvalue weighted by molar-refractivity contribution is 0.0944. The average molecular weight is 311 g/mol. The molecule has 0 aliphatic carbocycles. The fraction of sp³-hybridized carbons (Fsp3) is 0.231. The van der Waals surface area contributed by atoms with Crippen LogP contribution in [0.25, 0.3) is 0 Å². The minimum atomic E-state index is -0.242. The molecule has 7 heteroatoms. The molecule has 1 unspecified atom stereocenters. The van der Waals surface area contributed by atoms with Crippen molar-refractivity contribution in [3.63, 3.8) is 0 Å². The van der Waals surface area contributed by atoms with E-state index in [1.165, 1.54) is 11.3 Å². The van der Waals surface area contributed by atoms with Crippen LogP contribution in [-0.2, 0) is 0 Å². The molecule has 1 heterocycles. The molecular weight excluding hydrogens is 296 g/mol. The third-order valence-electron chi connectivity index (χ3n) is 2.77. The molecule has 2 aromatic rings. The molecule has 5 nitrogen and oxygen atoms in total. The second-order valence-electron chi connectivity index (χ2n) is 4.23. The van der Waals surface area contributed by atoms with Gasteiger partial charge < -0.3 is 16.4 Å². The first-order valence-electron chi connectivity index (χ1n) is 6.01. The summed E-state index contributed by atoms with van der Waals surface area (Å²) in [5.41, 5.74) is 6.67. The van der Waals surface area contributed by atoms with Gasteiger partial charge in [0.05, 0.1) is 6.04 Å². The first-order valence-corrected chi connectivity index (χ1v) is 7.21. The van der Waals surface area contributed by atoms with E-state index in [0.717, 1.165) is 5.56 Å². The lowest BCUT2D eigenvalue weighted by Gasteiger charge is -2.14. The van der Waals surface area contributed by atoms with E-state index in [0.29, 0.717) is 15.0 Å². The van der Waals surface area contributed by atoms with Crippen LogP contribution in [-0.4, -0.2) is 17.9 Å². The second-order valence-corrected chi connectivity index (χ2v) is 5.67. The Morgan fingerprint density at radius 3 is 2.85 bits per heavy atom. The van der Waals surface area contributed by atoms with E-state index < -0.39 is 0 Å². The SMILES string of the molecule is CNc1nc(N)c(C(=O)NC(C)c2cccc(Cl)c2)s1. The normalized spacial score (nSPS) is 11.9. The Hall–Kier alpha value is -1.79. The quantitative estimate of drug-likeness (QED) is 0.811. The molecule has 0 radical (unpaired) electrons. The molecule has 4 N–H and O–H groups in total. The van der Waals surface area contributed by atoms with Gasteiger partial charge in [0, 0.05) is 12.1 Å². The Bertz CT molecular complexity index is 629. The highest BCUT2D eigenvalue weighted by atomic mass is 35.5. The number of carbonyl (C=O) groups excluding carboxylic acids is 1. The van der Waals surface area contributed by atoms with Gasteiger partial charge in [0.1, 0.15) is 10.7 Å². The number of benzene rings is 1. The first kappa shape index (κ1) is 14.6. The zero-order chi connectivity index (χ0) is 14.7. The van der Waals surface area contributed by atoms with Gasteiger partial charge in [-0.2, -0.15) is 0 Å². The maximum absolute atomic E-state index is 12.2. The highest BCUT2D eigenvalue weighted by Crippen LogP contribution is 2.25. The van der Waals surface area contributed by atoms with Gasteiger partial charge in [-0.25, -0.2) is 4.98 Å². The Kier molecular flexibility index (Phi) is 4.46. The predicted molar refractivity (Wildman–Crippen MR) is 83.4 cm³/mol. The van der Waals surface area contributed by atoms with Gasteiger partial charge in [-0.15, -0.1) is 0 Å². The van der Waals surface area contributed by atoms with Crippen LogP contribution >= 0.6 is 22.9 Å². The first-order chi connectivity index (χ1) is 9.51. The standard InChI is InChI=1S/C13H15ClN4OS/c1-7(8-4-3-5-9(14)6-8)17-12(19)10-11(15)18-13(16-2)20-10/h3-7H,15H2,1-2H3,(H,16,18)(H,17,19). The maximum atomic E-state index is 12.2. The number of hydrogen-bond donors (Lipinski definition) is 3. The van der Waals surface area contributed by atoms with E-state index in [4.69, 9.17) is 17.3 Å². The number of amides is 1. The zero-order valence-corrected chi connectivity index (χ0v) is 12.7. The van der Waals surface area contributed by atoms with Crippen molar-refractivity contribution in [3.8, 4) is 0 Å². The molecule has 106 valence electrons. The monoisotopic (exact) mass is 310 g/mol. The third-order valence-corrected chi connectivity index (χ3v) is 4.09. The summed E-state index contributed by atoms with van der Waals surface area (Å²) in [6, 6.07) is 7.20. The summed E-state index contributed by atoms with van der Waals surface area (Å²) in [5, 5.41) is 7.00. The van der Waals surface area contributed by atoms with Crippen LogP contribution in [0.15, 0.2) is 24.3 Å². The molecule has 0 saturated carbocycles. The number of nitrogens with one attached hydrogen (secondary N) is 2. The number of halogens is 1. The largest absolute Gasteiger partial charge is 0.382 e. The van der Waals surface area contributed by atoms with Crippen LogP contribution in [0.3, 0.4) is 0 Å². The summed E-state index contributed by atoms with van der Waals surface area (Å²) in [6.07, 6.45) is 0. The van der Waals surface area contributed by atoms with E-state index in [-0.39, 0.29) is 17.8 Å². The Morgan fingerprint density at radius 2 is 2.25 bits per heavy atom. The van der Waals surface area contributed by atoms with Crippen molar-refractivity contribution in [2.45, 2.75) is 13.0 Å². The van der Waals surface area contributed by atoms with E-state index in [1.54, 1.807) is 13.1 Å². The van der Waals surface area contributed by atoms with Gasteiger partial charge in [-0.05, 0) is 24.6 Å². The summed E-state index contributed by atoms with van der Waals surface area (Å²) in [7, 11) is 1.73. The van der Waals surface area contributed by atoms with Crippen LogP contribution in [0.1, 0.15) is 28.2 Å². The molecular formula is C13H15ClN4OS. The molecule has 2 rings (SSSR count). The molecule has 0 spiro atoms. The minimum Gasteiger partial charge on any atom is -0.382 e. The summed E-state index contributed by atoms with van der Waals surface area (Å²) in [4.78, 5) is 16.6. The molecule has 0 fully saturated rings. The maximum Gasteiger partial charge on any atom is 0.265 e. The highest BCUT2D eigenvalue weighted by molar-refractivity contribution is 7.18. The Balaban J connectivity index is 2.12. The topological polar surface area (TPSA) is 80.0 Å². The lowest BCUT2D eigenvalue weighted by atomic mass is 10.1. The second kappa shape index (κ2) is 6.11. The van der Waals surface area contributed by atoms with Crippen molar-refractivity contribution in [1.29, 1.82) is 0 Å². The molecule has 1 amide bonds. The fourth-order valence-electron chi connectivity index (χ4n) is 1.72. The molecule has 1 aromatic heterocycles.